The normalized spacial score (nSPS) is 28.9. The van der Waals surface area contributed by atoms with Crippen LogP contribution in [0, 0.1) is 17.8 Å². The van der Waals surface area contributed by atoms with Crippen LogP contribution in [0.2, 0.25) is 0 Å². The lowest BCUT2D eigenvalue weighted by molar-refractivity contribution is -0.241. The van der Waals surface area contributed by atoms with E-state index in [0.29, 0.717) is 6.42 Å². The summed E-state index contributed by atoms with van der Waals surface area (Å²) >= 11 is 0. The highest BCUT2D eigenvalue weighted by Crippen LogP contribution is 2.30. The number of hydrogen-bond acceptors (Lipinski definition) is 11. The third-order valence-corrected chi connectivity index (χ3v) is 10.0. The second-order valence-electron chi connectivity index (χ2n) is 16.3. The van der Waals surface area contributed by atoms with Gasteiger partial charge in [-0.15, -0.1) is 0 Å². The average Bonchev–Trinajstić information content (AvgIpc) is 3.14. The van der Waals surface area contributed by atoms with Crippen molar-refractivity contribution in [1.29, 1.82) is 0 Å². The molecule has 1 saturated heterocycles. The first kappa shape index (κ1) is 50.5. The fourth-order valence-corrected chi connectivity index (χ4v) is 6.82. The Balaban J connectivity index is 2.59. The average molecular weight is 833 g/mol. The molecule has 2 bridgehead atoms. The van der Waals surface area contributed by atoms with E-state index in [1.807, 2.05) is 50.3 Å². The number of carbonyl (C=O) groups is 7. The van der Waals surface area contributed by atoms with Crippen LogP contribution in [-0.4, -0.2) is 101 Å². The quantitative estimate of drug-likeness (QED) is 0.0925. The molecule has 0 aromatic rings. The van der Waals surface area contributed by atoms with Crippen LogP contribution < -0.4 is 32.7 Å². The van der Waals surface area contributed by atoms with Crippen molar-refractivity contribution in [2.24, 2.45) is 29.2 Å². The van der Waals surface area contributed by atoms with E-state index in [-0.39, 0.29) is 56.8 Å². The number of aliphatic hydroxyl groups is 1. The second-order valence-corrected chi connectivity index (χ2v) is 16.3. The molecule has 1 saturated carbocycles. The van der Waals surface area contributed by atoms with Crippen LogP contribution in [0.15, 0.2) is 36.5 Å². The van der Waals surface area contributed by atoms with E-state index in [2.05, 4.69) is 28.2 Å². The van der Waals surface area contributed by atoms with Gasteiger partial charge in [-0.3, -0.25) is 33.6 Å². The maximum atomic E-state index is 14.0. The molecule has 9 N–H and O–H groups in total. The molecule has 0 radical (unpaired) electrons. The fourth-order valence-electron chi connectivity index (χ4n) is 6.82. The Morgan fingerprint density at radius 2 is 1.63 bits per heavy atom. The number of rotatable bonds is 15. The number of nitrogens with two attached hydrogens (primary N) is 2. The van der Waals surface area contributed by atoms with Gasteiger partial charge in [0.25, 0.3) is 11.7 Å². The topological polar surface area (TPSA) is 268 Å². The molecule has 9 atom stereocenters. The number of nitrogens with one attached hydrogen (secondary N) is 4. The van der Waals surface area contributed by atoms with Gasteiger partial charge in [0.15, 0.2) is 0 Å². The number of esters is 1. The molecule has 0 aromatic carbocycles. The zero-order chi connectivity index (χ0) is 44.3. The zero-order valence-electron chi connectivity index (χ0n) is 35.7. The van der Waals surface area contributed by atoms with Crippen molar-refractivity contribution < 1.29 is 52.9 Å². The van der Waals surface area contributed by atoms with Crippen molar-refractivity contribution in [3.05, 3.63) is 36.5 Å². The highest BCUT2D eigenvalue weighted by molar-refractivity contribution is 5.93. The third kappa shape index (κ3) is 18.0. The summed E-state index contributed by atoms with van der Waals surface area (Å²) in [5.41, 5.74) is 10.8. The maximum absolute atomic E-state index is 14.0. The van der Waals surface area contributed by atoms with E-state index in [4.69, 9.17) is 25.7 Å². The molecule has 2 fully saturated rings. The van der Waals surface area contributed by atoms with Crippen LogP contribution in [0.4, 0.5) is 0 Å². The van der Waals surface area contributed by atoms with Gasteiger partial charge in [0.2, 0.25) is 29.5 Å². The molecule has 1 aliphatic carbocycles. The lowest BCUT2D eigenvalue weighted by Crippen LogP contribution is -2.59. The highest BCUT2D eigenvalue weighted by Gasteiger charge is 2.46. The molecule has 1 aliphatic heterocycles. The Morgan fingerprint density at radius 1 is 0.949 bits per heavy atom. The van der Waals surface area contributed by atoms with Gasteiger partial charge in [-0.2, -0.15) is 0 Å². The van der Waals surface area contributed by atoms with E-state index < -0.39 is 102 Å². The van der Waals surface area contributed by atoms with Gasteiger partial charge < -0.3 is 52.1 Å². The molecule has 1 heterocycles. The predicted octanol–water partition coefficient (Wildman–Crippen LogP) is 1.85. The minimum absolute atomic E-state index is 0.00265. The van der Waals surface area contributed by atoms with Crippen molar-refractivity contribution in [3.63, 3.8) is 0 Å². The molecule has 332 valence electrons. The number of aliphatic hydroxyl groups excluding tert-OH is 1. The molecule has 6 amide bonds. The molecule has 17 heteroatoms. The monoisotopic (exact) mass is 832 g/mol. The van der Waals surface area contributed by atoms with E-state index in [1.54, 1.807) is 20.8 Å². The van der Waals surface area contributed by atoms with Gasteiger partial charge in [0.1, 0.15) is 24.7 Å². The van der Waals surface area contributed by atoms with Crippen LogP contribution in [0.3, 0.4) is 0 Å². The first-order valence-electron chi connectivity index (χ1n) is 20.7. The van der Waals surface area contributed by atoms with E-state index in [9.17, 15) is 38.7 Å². The van der Waals surface area contributed by atoms with Crippen LogP contribution in [-0.2, 0) is 47.8 Å². The van der Waals surface area contributed by atoms with E-state index >= 15 is 0 Å². The summed E-state index contributed by atoms with van der Waals surface area (Å²) in [6.45, 7) is 11.7. The Kier molecular flexibility index (Phi) is 21.5. The van der Waals surface area contributed by atoms with E-state index in [1.165, 1.54) is 6.92 Å². The number of ether oxygens (including phenoxy) is 3. The van der Waals surface area contributed by atoms with Gasteiger partial charge in [0.05, 0.1) is 24.2 Å². The maximum Gasteiger partial charge on any atom is 0.314 e. The Morgan fingerprint density at radius 3 is 2.24 bits per heavy atom. The largest absolute Gasteiger partial charge is 0.423 e. The summed E-state index contributed by atoms with van der Waals surface area (Å²) in [6, 6.07) is -3.99. The molecule has 2 rings (SSSR count). The number of amides is 6. The van der Waals surface area contributed by atoms with Gasteiger partial charge in [-0.25, -0.2) is 0 Å². The zero-order valence-corrected chi connectivity index (χ0v) is 35.7. The van der Waals surface area contributed by atoms with Crippen LogP contribution in [0.5, 0.6) is 0 Å². The first-order chi connectivity index (χ1) is 27.8. The standard InChI is InChI=1S/C42H68N6O11/c1-8-9-10-11-12-13-14-15-16-29-22-27(6)58-42(7,41(56)47-31(37(44)52)18-20-34(43)50)59-40(55)30-23-28(17-19-33(30)49)45-39(54)36(26(4)5)48-38(53)32(21-25(2)3)46-35(51)24-57-29/h10-15,25-33,36,49H,8-9,16-24H2,1-7H3,(H2,43,50)(H2,44,52)(H,45,54)(H,46,51)(H,47,56)(H,48,53)/b11-10+,13-12+,15-14+. The number of fused-ring (bicyclic) bond motifs is 2. The number of allylic oxidation sites excluding steroid dienone is 5. The number of unbranched alkanes of at least 4 members (excludes halogenated alkanes) is 1. The second kappa shape index (κ2) is 25.1. The molecule has 2 aliphatic rings. The van der Waals surface area contributed by atoms with Crippen molar-refractivity contribution in [3.8, 4) is 0 Å². The van der Waals surface area contributed by atoms with Crippen molar-refractivity contribution in [2.45, 2.75) is 161 Å². The molecule has 9 unspecified atom stereocenters. The SMILES string of the molecule is CCC/C=C/C=C/C=C/CC1CC(C)OC(C)(C(=O)NC(CCC(N)=O)C(N)=O)OC(=O)C2CC(CCC2O)NC(=O)C(C(C)C)NC(=O)C(CC(C)C)NC(=O)CO1. The smallest absolute Gasteiger partial charge is 0.314 e. The Labute approximate surface area is 348 Å². The van der Waals surface area contributed by atoms with Gasteiger partial charge in [-0.05, 0) is 70.1 Å². The summed E-state index contributed by atoms with van der Waals surface area (Å²) in [5, 5.41) is 21.9. The number of hydrogen-bond donors (Lipinski definition) is 7. The van der Waals surface area contributed by atoms with Gasteiger partial charge in [-0.1, -0.05) is 77.5 Å². The van der Waals surface area contributed by atoms with Gasteiger partial charge in [0, 0.05) is 19.4 Å². The number of primary amides is 2. The molecular weight excluding hydrogens is 764 g/mol. The fraction of sp³-hybridized carbons (Fsp3) is 0.690. The first-order valence-corrected chi connectivity index (χ1v) is 20.7. The molecular formula is C42H68N6O11. The summed E-state index contributed by atoms with van der Waals surface area (Å²) in [5.74, 6) is -9.44. The van der Waals surface area contributed by atoms with Gasteiger partial charge >= 0.3 is 5.97 Å². The summed E-state index contributed by atoms with van der Waals surface area (Å²) in [4.78, 5) is 92.4. The lowest BCUT2D eigenvalue weighted by Gasteiger charge is -2.37. The molecule has 17 nitrogen and oxygen atoms in total. The minimum atomic E-state index is -2.42. The molecule has 0 aromatic heterocycles. The van der Waals surface area contributed by atoms with Crippen LogP contribution in [0.25, 0.3) is 0 Å². The summed E-state index contributed by atoms with van der Waals surface area (Å²) < 4.78 is 18.0. The Hall–Kier alpha value is -4.61. The third-order valence-electron chi connectivity index (χ3n) is 10.0. The van der Waals surface area contributed by atoms with E-state index in [0.717, 1.165) is 12.8 Å². The van der Waals surface area contributed by atoms with Crippen LogP contribution >= 0.6 is 0 Å². The summed E-state index contributed by atoms with van der Waals surface area (Å²) in [6.07, 6.45) is 10.9. The van der Waals surface area contributed by atoms with Crippen molar-refractivity contribution >= 4 is 41.4 Å². The Bertz CT molecular complexity index is 1530. The number of cyclic esters (lactones) is 1. The van der Waals surface area contributed by atoms with Crippen molar-refractivity contribution in [1.82, 2.24) is 21.3 Å². The highest BCUT2D eigenvalue weighted by atomic mass is 16.7. The number of carbonyl (C=O) groups excluding carboxylic acids is 7. The summed E-state index contributed by atoms with van der Waals surface area (Å²) in [7, 11) is 0. The van der Waals surface area contributed by atoms with Crippen molar-refractivity contribution in [2.75, 3.05) is 6.61 Å². The predicted molar refractivity (Wildman–Crippen MR) is 219 cm³/mol. The lowest BCUT2D eigenvalue weighted by atomic mass is 9.83. The molecule has 0 spiro atoms. The minimum Gasteiger partial charge on any atom is -0.423 e. The molecule has 59 heavy (non-hydrogen) atoms. The van der Waals surface area contributed by atoms with Crippen LogP contribution in [0.1, 0.15) is 113 Å².